The normalized spacial score (nSPS) is 11.0. The molecular weight excluding hydrogens is 326 g/mol. The lowest BCUT2D eigenvalue weighted by molar-refractivity contribution is -0.890. The van der Waals surface area contributed by atoms with Crippen LogP contribution in [0.25, 0.3) is 0 Å². The number of carbonyl (C=O) groups is 2. The smallest absolute Gasteiger partial charge is 0.308 e. The number of nitrogens with zero attached hydrogens (tertiary/aromatic N) is 1. The second kappa shape index (κ2) is 14.6. The van der Waals surface area contributed by atoms with Gasteiger partial charge < -0.3 is 23.4 Å². The van der Waals surface area contributed by atoms with E-state index in [1.807, 2.05) is 14.1 Å². The molecule has 0 bridgehead atoms. The maximum absolute atomic E-state index is 11.5. The van der Waals surface area contributed by atoms with Crippen LogP contribution in [0.1, 0.15) is 12.8 Å². The standard InChI is InChI=1S/C18H32NO6/c1-5-11-22-13-7-17(20)24-15-9-19(3,4)10-16-25-18(21)8-14-23-12-6-2/h5-6H,1-2,7-16H2,3-4H3/q+1. The van der Waals surface area contributed by atoms with E-state index in [4.69, 9.17) is 18.9 Å². The van der Waals surface area contributed by atoms with Crippen molar-refractivity contribution in [2.24, 2.45) is 0 Å². The number of hydrogen-bond donors (Lipinski definition) is 0. The van der Waals surface area contributed by atoms with Crippen LogP contribution in [0, 0.1) is 0 Å². The molecule has 0 rings (SSSR count). The molecule has 0 saturated carbocycles. The number of likely N-dealkylation sites (N-methyl/N-ethyl adjacent to an activating group) is 1. The largest absolute Gasteiger partial charge is 0.460 e. The molecule has 0 radical (unpaired) electrons. The monoisotopic (exact) mass is 358 g/mol. The van der Waals surface area contributed by atoms with Gasteiger partial charge in [0.1, 0.15) is 26.3 Å². The molecular formula is C18H32NO6+. The topological polar surface area (TPSA) is 71.1 Å². The first-order chi connectivity index (χ1) is 11.9. The predicted octanol–water partition coefficient (Wildman–Crippen LogP) is 1.33. The van der Waals surface area contributed by atoms with Crippen LogP contribution in [0.5, 0.6) is 0 Å². The summed E-state index contributed by atoms with van der Waals surface area (Å²) in [5.74, 6) is -0.565. The SMILES string of the molecule is C=CCOCCC(=O)OCC[N+](C)(C)CCOC(=O)CCOCC=C. The Morgan fingerprint density at radius 1 is 0.800 bits per heavy atom. The van der Waals surface area contributed by atoms with Crippen molar-refractivity contribution in [1.82, 2.24) is 0 Å². The third-order valence-electron chi connectivity index (χ3n) is 3.29. The van der Waals surface area contributed by atoms with Crippen molar-refractivity contribution < 1.29 is 33.0 Å². The molecule has 0 aromatic rings. The number of carbonyl (C=O) groups excluding carboxylic acids is 2. The van der Waals surface area contributed by atoms with Crippen LogP contribution in [0.2, 0.25) is 0 Å². The van der Waals surface area contributed by atoms with Gasteiger partial charge >= 0.3 is 11.9 Å². The molecule has 7 nitrogen and oxygen atoms in total. The van der Waals surface area contributed by atoms with E-state index in [1.54, 1.807) is 12.2 Å². The summed E-state index contributed by atoms with van der Waals surface area (Å²) < 4.78 is 21.2. The minimum absolute atomic E-state index is 0.229. The summed E-state index contributed by atoms with van der Waals surface area (Å²) in [6, 6.07) is 0. The summed E-state index contributed by atoms with van der Waals surface area (Å²) >= 11 is 0. The van der Waals surface area contributed by atoms with E-state index in [2.05, 4.69) is 13.2 Å². The van der Waals surface area contributed by atoms with E-state index >= 15 is 0 Å². The summed E-state index contributed by atoms with van der Waals surface area (Å²) in [6.45, 7) is 10.5. The second-order valence-corrected chi connectivity index (χ2v) is 6.05. The Morgan fingerprint density at radius 3 is 1.56 bits per heavy atom. The van der Waals surface area contributed by atoms with Crippen molar-refractivity contribution in [3.8, 4) is 0 Å². The van der Waals surface area contributed by atoms with E-state index < -0.39 is 0 Å². The summed E-state index contributed by atoms with van der Waals surface area (Å²) in [7, 11) is 3.98. The van der Waals surface area contributed by atoms with Crippen molar-refractivity contribution in [2.75, 3.05) is 66.8 Å². The van der Waals surface area contributed by atoms with Crippen LogP contribution in [0.15, 0.2) is 25.3 Å². The van der Waals surface area contributed by atoms with Crippen LogP contribution >= 0.6 is 0 Å². The van der Waals surface area contributed by atoms with Gasteiger partial charge in [0, 0.05) is 0 Å². The molecule has 0 aliphatic heterocycles. The van der Waals surface area contributed by atoms with Crippen LogP contribution < -0.4 is 0 Å². The Bertz CT molecular complexity index is 372. The molecule has 0 N–H and O–H groups in total. The first-order valence-corrected chi connectivity index (χ1v) is 8.42. The molecule has 0 aliphatic rings. The van der Waals surface area contributed by atoms with Gasteiger partial charge in [-0.2, -0.15) is 0 Å². The fourth-order valence-corrected chi connectivity index (χ4v) is 1.71. The summed E-state index contributed by atoms with van der Waals surface area (Å²) in [4.78, 5) is 23.0. The average molecular weight is 358 g/mol. The lowest BCUT2D eigenvalue weighted by atomic mass is 10.4. The minimum atomic E-state index is -0.282. The fraction of sp³-hybridized carbons (Fsp3) is 0.667. The Kier molecular flexibility index (Phi) is 13.6. The lowest BCUT2D eigenvalue weighted by Crippen LogP contribution is -2.45. The fourth-order valence-electron chi connectivity index (χ4n) is 1.71. The molecule has 144 valence electrons. The van der Waals surface area contributed by atoms with Crippen LogP contribution in [0.3, 0.4) is 0 Å². The first kappa shape index (κ1) is 23.3. The van der Waals surface area contributed by atoms with E-state index in [0.717, 1.165) is 0 Å². The molecule has 0 atom stereocenters. The van der Waals surface area contributed by atoms with Crippen LogP contribution in [0.4, 0.5) is 0 Å². The van der Waals surface area contributed by atoms with Crippen LogP contribution in [-0.4, -0.2) is 83.2 Å². The minimum Gasteiger partial charge on any atom is -0.460 e. The zero-order chi connectivity index (χ0) is 19.0. The summed E-state index contributed by atoms with van der Waals surface area (Å²) in [5, 5.41) is 0. The molecule has 0 aromatic heterocycles. The molecule has 7 heteroatoms. The zero-order valence-corrected chi connectivity index (χ0v) is 15.5. The van der Waals surface area contributed by atoms with Gasteiger partial charge in [0.15, 0.2) is 0 Å². The first-order valence-electron chi connectivity index (χ1n) is 8.42. The van der Waals surface area contributed by atoms with Crippen molar-refractivity contribution in [2.45, 2.75) is 12.8 Å². The van der Waals surface area contributed by atoms with Gasteiger partial charge in [-0.05, 0) is 0 Å². The Hall–Kier alpha value is -1.70. The molecule has 0 saturated heterocycles. The highest BCUT2D eigenvalue weighted by atomic mass is 16.5. The van der Waals surface area contributed by atoms with Crippen molar-refractivity contribution in [1.29, 1.82) is 0 Å². The highest BCUT2D eigenvalue weighted by molar-refractivity contribution is 5.69. The van der Waals surface area contributed by atoms with Gasteiger partial charge in [0.25, 0.3) is 0 Å². The number of hydrogen-bond acceptors (Lipinski definition) is 6. The van der Waals surface area contributed by atoms with Crippen LogP contribution in [-0.2, 0) is 28.5 Å². The Morgan fingerprint density at radius 2 is 1.20 bits per heavy atom. The molecule has 0 amide bonds. The Balaban J connectivity index is 3.72. The zero-order valence-electron chi connectivity index (χ0n) is 15.5. The van der Waals surface area contributed by atoms with E-state index in [0.29, 0.717) is 57.2 Å². The van der Waals surface area contributed by atoms with Gasteiger partial charge in [0.05, 0.1) is 53.4 Å². The van der Waals surface area contributed by atoms with Gasteiger partial charge in [-0.1, -0.05) is 12.2 Å². The predicted molar refractivity (Wildman–Crippen MR) is 95.0 cm³/mol. The van der Waals surface area contributed by atoms with Crippen molar-refractivity contribution in [3.63, 3.8) is 0 Å². The van der Waals surface area contributed by atoms with Gasteiger partial charge in [0.2, 0.25) is 0 Å². The van der Waals surface area contributed by atoms with E-state index in [-0.39, 0.29) is 24.8 Å². The molecule has 0 aliphatic carbocycles. The number of rotatable bonds is 16. The number of ether oxygens (including phenoxy) is 4. The number of esters is 2. The average Bonchev–Trinajstić information content (AvgIpc) is 2.55. The quantitative estimate of drug-likeness (QED) is 0.179. The Labute approximate surface area is 150 Å². The van der Waals surface area contributed by atoms with Gasteiger partial charge in [-0.15, -0.1) is 13.2 Å². The van der Waals surface area contributed by atoms with Crippen molar-refractivity contribution >= 4 is 11.9 Å². The van der Waals surface area contributed by atoms with Crippen molar-refractivity contribution in [3.05, 3.63) is 25.3 Å². The number of quaternary nitrogens is 1. The molecule has 25 heavy (non-hydrogen) atoms. The van der Waals surface area contributed by atoms with Gasteiger partial charge in [-0.25, -0.2) is 0 Å². The lowest BCUT2D eigenvalue weighted by Gasteiger charge is -2.29. The third-order valence-corrected chi connectivity index (χ3v) is 3.29. The summed E-state index contributed by atoms with van der Waals surface area (Å²) in [5.41, 5.74) is 0. The third kappa shape index (κ3) is 15.6. The molecule has 0 aromatic carbocycles. The second-order valence-electron chi connectivity index (χ2n) is 6.05. The molecule has 0 fully saturated rings. The molecule has 0 spiro atoms. The maximum atomic E-state index is 11.5. The summed E-state index contributed by atoms with van der Waals surface area (Å²) in [6.07, 6.45) is 3.72. The highest BCUT2D eigenvalue weighted by Gasteiger charge is 2.17. The van der Waals surface area contributed by atoms with E-state index in [9.17, 15) is 9.59 Å². The van der Waals surface area contributed by atoms with E-state index in [1.165, 1.54) is 0 Å². The van der Waals surface area contributed by atoms with Gasteiger partial charge in [-0.3, -0.25) is 9.59 Å². The highest BCUT2D eigenvalue weighted by Crippen LogP contribution is 1.99. The maximum Gasteiger partial charge on any atom is 0.308 e. The molecule has 0 heterocycles. The molecule has 0 unspecified atom stereocenters.